The van der Waals surface area contributed by atoms with Gasteiger partial charge in [0.05, 0.1) is 6.61 Å². The van der Waals surface area contributed by atoms with Crippen molar-refractivity contribution in [1.29, 1.82) is 0 Å². The average molecular weight is 281 g/mol. The molecule has 1 atom stereocenters. The Balaban J connectivity index is 2.23. The second kappa shape index (κ2) is 7.44. The molecule has 0 aliphatic rings. The molecule has 1 aromatic heterocycles. The predicted octanol–water partition coefficient (Wildman–Crippen LogP) is 1.72. The van der Waals surface area contributed by atoms with Crippen molar-refractivity contribution >= 4 is 0 Å². The third kappa shape index (κ3) is 7.12. The normalized spacial score (nSPS) is 13.7. The molecular weight excluding hydrogens is 263 g/mol. The van der Waals surface area contributed by atoms with Gasteiger partial charge in [0.25, 0.3) is 0 Å². The minimum Gasteiger partial charge on any atom is -0.372 e. The molecule has 0 aliphatic carbocycles. The number of aromatic nitrogens is 2. The van der Waals surface area contributed by atoms with Crippen LogP contribution in [0.3, 0.4) is 0 Å². The number of ether oxygens (including phenoxy) is 1. The van der Waals surface area contributed by atoms with Crippen LogP contribution in [0.25, 0.3) is 0 Å². The smallest absolute Gasteiger partial charge is 0.372 e. The largest absolute Gasteiger partial charge is 0.411 e. The molecular formula is C11H18F3N3O2. The molecule has 1 rings (SSSR count). The number of rotatable bonds is 8. The highest BCUT2D eigenvalue weighted by Gasteiger charge is 2.27. The van der Waals surface area contributed by atoms with Crippen molar-refractivity contribution in [2.75, 3.05) is 19.8 Å². The fraction of sp³-hybridized carbons (Fsp3) is 0.818. The molecule has 0 spiro atoms. The summed E-state index contributed by atoms with van der Waals surface area (Å²) in [5, 5.41) is 3.68. The highest BCUT2D eigenvalue weighted by molar-refractivity contribution is 4.87. The van der Waals surface area contributed by atoms with Gasteiger partial charge in [0.2, 0.25) is 5.89 Å². The number of alkyl halides is 3. The van der Waals surface area contributed by atoms with Crippen LogP contribution in [0, 0.1) is 5.92 Å². The van der Waals surface area contributed by atoms with Crippen molar-refractivity contribution in [1.82, 2.24) is 10.1 Å². The van der Waals surface area contributed by atoms with Gasteiger partial charge in [0, 0.05) is 12.8 Å². The Morgan fingerprint density at radius 1 is 1.37 bits per heavy atom. The van der Waals surface area contributed by atoms with Crippen LogP contribution >= 0.6 is 0 Å². The first-order valence-electron chi connectivity index (χ1n) is 6.06. The van der Waals surface area contributed by atoms with Gasteiger partial charge in [-0.05, 0) is 18.9 Å². The van der Waals surface area contributed by atoms with Crippen molar-refractivity contribution in [2.45, 2.75) is 32.4 Å². The van der Waals surface area contributed by atoms with Crippen molar-refractivity contribution in [3.8, 4) is 0 Å². The molecule has 0 saturated carbocycles. The molecule has 19 heavy (non-hydrogen) atoms. The molecule has 1 aromatic rings. The molecule has 5 nitrogen and oxygen atoms in total. The number of nitrogens with zero attached hydrogens (tertiary/aromatic N) is 2. The van der Waals surface area contributed by atoms with Crippen LogP contribution in [-0.2, 0) is 17.6 Å². The van der Waals surface area contributed by atoms with Crippen LogP contribution in [0.15, 0.2) is 4.52 Å². The quantitative estimate of drug-likeness (QED) is 0.734. The van der Waals surface area contributed by atoms with E-state index < -0.39 is 12.8 Å². The molecule has 1 unspecified atom stereocenters. The van der Waals surface area contributed by atoms with Gasteiger partial charge in [-0.3, -0.25) is 0 Å². The molecule has 0 aliphatic heterocycles. The van der Waals surface area contributed by atoms with Crippen molar-refractivity contribution in [2.24, 2.45) is 11.7 Å². The Kier molecular flexibility index (Phi) is 6.23. The Hall–Kier alpha value is -1.15. The molecule has 0 bridgehead atoms. The summed E-state index contributed by atoms with van der Waals surface area (Å²) in [5.74, 6) is 1.20. The molecule has 0 radical (unpaired) electrons. The predicted molar refractivity (Wildman–Crippen MR) is 61.4 cm³/mol. The average Bonchev–Trinajstić information content (AvgIpc) is 2.78. The topological polar surface area (TPSA) is 74.2 Å². The van der Waals surface area contributed by atoms with Gasteiger partial charge in [-0.1, -0.05) is 12.1 Å². The monoisotopic (exact) mass is 281 g/mol. The summed E-state index contributed by atoms with van der Waals surface area (Å²) >= 11 is 0. The zero-order valence-corrected chi connectivity index (χ0v) is 10.7. The van der Waals surface area contributed by atoms with E-state index in [4.69, 9.17) is 10.3 Å². The minimum atomic E-state index is -4.30. The van der Waals surface area contributed by atoms with Crippen LogP contribution in [0.2, 0.25) is 0 Å². The summed E-state index contributed by atoms with van der Waals surface area (Å²) in [6.45, 7) is 1.26. The zero-order valence-electron chi connectivity index (χ0n) is 10.7. The van der Waals surface area contributed by atoms with Gasteiger partial charge in [-0.25, -0.2) is 0 Å². The van der Waals surface area contributed by atoms with Gasteiger partial charge < -0.3 is 15.0 Å². The summed E-state index contributed by atoms with van der Waals surface area (Å²) in [6, 6.07) is 0. The number of halogens is 3. The van der Waals surface area contributed by atoms with Crippen LogP contribution < -0.4 is 5.73 Å². The minimum absolute atomic E-state index is 0.0856. The lowest BCUT2D eigenvalue weighted by Gasteiger charge is -2.05. The second-order valence-corrected chi connectivity index (χ2v) is 4.40. The zero-order chi connectivity index (χ0) is 14.3. The maximum atomic E-state index is 11.8. The number of nitrogens with two attached hydrogens (primary N) is 1. The third-order valence-corrected chi connectivity index (χ3v) is 2.50. The second-order valence-electron chi connectivity index (χ2n) is 4.40. The maximum absolute atomic E-state index is 11.8. The summed E-state index contributed by atoms with van der Waals surface area (Å²) in [4.78, 5) is 4.07. The fourth-order valence-electron chi connectivity index (χ4n) is 1.33. The molecule has 0 fully saturated rings. The summed E-state index contributed by atoms with van der Waals surface area (Å²) in [7, 11) is 0. The van der Waals surface area contributed by atoms with E-state index in [-0.39, 0.29) is 13.0 Å². The van der Waals surface area contributed by atoms with E-state index in [0.29, 0.717) is 30.6 Å². The third-order valence-electron chi connectivity index (χ3n) is 2.50. The van der Waals surface area contributed by atoms with Crippen LogP contribution in [0.5, 0.6) is 0 Å². The Morgan fingerprint density at radius 2 is 2.11 bits per heavy atom. The first kappa shape index (κ1) is 15.9. The van der Waals surface area contributed by atoms with Crippen molar-refractivity contribution in [3.05, 3.63) is 11.7 Å². The number of hydrogen-bond donors (Lipinski definition) is 1. The molecule has 8 heteroatoms. The van der Waals surface area contributed by atoms with E-state index in [2.05, 4.69) is 14.9 Å². The lowest BCUT2D eigenvalue weighted by Crippen LogP contribution is -2.18. The first-order valence-corrected chi connectivity index (χ1v) is 6.06. The van der Waals surface area contributed by atoms with Gasteiger partial charge in [0.15, 0.2) is 5.82 Å². The van der Waals surface area contributed by atoms with Crippen molar-refractivity contribution < 1.29 is 22.4 Å². The lowest BCUT2D eigenvalue weighted by molar-refractivity contribution is -0.173. The molecule has 110 valence electrons. The SMILES string of the molecule is CC(CN)CCc1nc(CCOCC(F)(F)F)no1. The summed E-state index contributed by atoms with van der Waals surface area (Å²) < 4.78 is 44.9. The van der Waals surface area contributed by atoms with Crippen LogP contribution in [0.1, 0.15) is 25.1 Å². The molecule has 2 N–H and O–H groups in total. The van der Waals surface area contributed by atoms with E-state index >= 15 is 0 Å². The van der Waals surface area contributed by atoms with Crippen LogP contribution in [-0.4, -0.2) is 36.1 Å². The first-order chi connectivity index (χ1) is 8.90. The van der Waals surface area contributed by atoms with E-state index in [1.54, 1.807) is 0 Å². The highest BCUT2D eigenvalue weighted by Crippen LogP contribution is 2.14. The Bertz CT molecular complexity index is 368. The Labute approximate surface area is 109 Å². The molecule has 1 heterocycles. The fourth-order valence-corrected chi connectivity index (χ4v) is 1.33. The van der Waals surface area contributed by atoms with E-state index in [1.165, 1.54) is 0 Å². The van der Waals surface area contributed by atoms with Crippen LogP contribution in [0.4, 0.5) is 13.2 Å². The summed E-state index contributed by atoms with van der Waals surface area (Å²) in [6.07, 6.45) is -2.65. The lowest BCUT2D eigenvalue weighted by atomic mass is 10.1. The Morgan fingerprint density at radius 3 is 2.74 bits per heavy atom. The van der Waals surface area contributed by atoms with Crippen molar-refractivity contribution in [3.63, 3.8) is 0 Å². The van der Waals surface area contributed by atoms with Gasteiger partial charge in [-0.15, -0.1) is 0 Å². The molecule has 0 aromatic carbocycles. The summed E-state index contributed by atoms with van der Waals surface area (Å²) in [5.41, 5.74) is 5.48. The highest BCUT2D eigenvalue weighted by atomic mass is 19.4. The number of hydrogen-bond acceptors (Lipinski definition) is 5. The van der Waals surface area contributed by atoms with Gasteiger partial charge in [0.1, 0.15) is 6.61 Å². The van der Waals surface area contributed by atoms with E-state index in [9.17, 15) is 13.2 Å². The molecule has 0 saturated heterocycles. The standard InChI is InChI=1S/C11H18F3N3O2/c1-8(6-15)2-3-10-16-9(17-19-10)4-5-18-7-11(12,13)14/h8H,2-7,15H2,1H3. The number of aryl methyl sites for hydroxylation is 1. The van der Waals surface area contributed by atoms with E-state index in [1.807, 2.05) is 6.92 Å². The maximum Gasteiger partial charge on any atom is 0.411 e. The van der Waals surface area contributed by atoms with Gasteiger partial charge in [-0.2, -0.15) is 18.2 Å². The van der Waals surface area contributed by atoms with E-state index in [0.717, 1.165) is 6.42 Å². The molecule has 0 amide bonds. The van der Waals surface area contributed by atoms with Gasteiger partial charge >= 0.3 is 6.18 Å².